The highest BCUT2D eigenvalue weighted by atomic mass is 32.1. The summed E-state index contributed by atoms with van der Waals surface area (Å²) in [6.07, 6.45) is 3.99. The average Bonchev–Trinajstić information content (AvgIpc) is 2.98. The second-order valence-electron chi connectivity index (χ2n) is 6.46. The first-order chi connectivity index (χ1) is 9.91. The second kappa shape index (κ2) is 7.03. The van der Waals surface area contributed by atoms with Crippen molar-refractivity contribution in [1.82, 2.24) is 9.80 Å². The molecule has 2 rings (SSSR count). The lowest BCUT2D eigenvalue weighted by Gasteiger charge is -2.43. The van der Waals surface area contributed by atoms with Crippen LogP contribution in [0.1, 0.15) is 39.5 Å². The van der Waals surface area contributed by atoms with Crippen LogP contribution < -0.4 is 5.73 Å². The summed E-state index contributed by atoms with van der Waals surface area (Å²) in [5, 5.41) is 0. The Bertz CT molecular complexity index is 386. The highest BCUT2D eigenvalue weighted by Crippen LogP contribution is 2.20. The number of rotatable bonds is 5. The number of nitrogens with two attached hydrogens (primary N) is 1. The maximum Gasteiger partial charge on any atom is 0.222 e. The number of nitrogens with zero attached hydrogens (tertiary/aromatic N) is 2. The van der Waals surface area contributed by atoms with Gasteiger partial charge in [0.2, 0.25) is 5.91 Å². The van der Waals surface area contributed by atoms with Gasteiger partial charge in [-0.05, 0) is 33.1 Å². The third kappa shape index (κ3) is 4.14. The highest BCUT2D eigenvalue weighted by Gasteiger charge is 2.33. The summed E-state index contributed by atoms with van der Waals surface area (Å²) in [4.78, 5) is 17.0. The Morgan fingerprint density at radius 3 is 2.52 bits per heavy atom. The van der Waals surface area contributed by atoms with Gasteiger partial charge in [-0.25, -0.2) is 0 Å². The molecule has 0 bridgehead atoms. The fourth-order valence-corrected chi connectivity index (χ4v) is 3.11. The summed E-state index contributed by atoms with van der Waals surface area (Å²) in [5.41, 5.74) is 5.53. The molecular formula is C15H27N3O2S. The minimum atomic E-state index is -0.276. The molecule has 0 spiro atoms. The molecule has 0 aromatic heterocycles. The monoisotopic (exact) mass is 313 g/mol. The predicted molar refractivity (Wildman–Crippen MR) is 87.2 cm³/mol. The Morgan fingerprint density at radius 2 is 2.00 bits per heavy atom. The second-order valence-corrected chi connectivity index (χ2v) is 6.90. The summed E-state index contributed by atoms with van der Waals surface area (Å²) in [5.74, 6) is 0.248. The van der Waals surface area contributed by atoms with Gasteiger partial charge in [0.1, 0.15) is 0 Å². The van der Waals surface area contributed by atoms with E-state index in [1.807, 2.05) is 18.7 Å². The van der Waals surface area contributed by atoms with Crippen molar-refractivity contribution in [1.29, 1.82) is 0 Å². The van der Waals surface area contributed by atoms with Crippen molar-refractivity contribution in [3.05, 3.63) is 0 Å². The zero-order valence-electron chi connectivity index (χ0n) is 13.1. The van der Waals surface area contributed by atoms with Crippen LogP contribution in [0.3, 0.4) is 0 Å². The van der Waals surface area contributed by atoms with Crippen LogP contribution in [0.5, 0.6) is 0 Å². The number of carbonyl (C=O) groups is 1. The summed E-state index contributed by atoms with van der Waals surface area (Å²) in [6, 6.07) is 0. The van der Waals surface area contributed by atoms with E-state index in [-0.39, 0.29) is 11.4 Å². The molecule has 2 fully saturated rings. The molecule has 5 nitrogen and oxygen atoms in total. The molecule has 1 amide bonds. The van der Waals surface area contributed by atoms with E-state index in [0.29, 0.717) is 17.5 Å². The van der Waals surface area contributed by atoms with Gasteiger partial charge in [-0.1, -0.05) is 12.2 Å². The SMILES string of the molecule is CC(C)(C(N)=S)N1CCN(C(=O)CCC2CCCO2)CC1. The van der Waals surface area contributed by atoms with Crippen LogP contribution in [0.4, 0.5) is 0 Å². The number of hydrogen-bond donors (Lipinski definition) is 1. The number of ether oxygens (including phenoxy) is 1. The van der Waals surface area contributed by atoms with Crippen molar-refractivity contribution in [3.63, 3.8) is 0 Å². The topological polar surface area (TPSA) is 58.8 Å². The van der Waals surface area contributed by atoms with Gasteiger partial charge < -0.3 is 15.4 Å². The molecule has 2 saturated heterocycles. The summed E-state index contributed by atoms with van der Waals surface area (Å²) in [6.45, 7) is 8.12. The molecule has 6 heteroatoms. The fourth-order valence-electron chi connectivity index (χ4n) is 2.99. The lowest BCUT2D eigenvalue weighted by atomic mass is 10.0. The van der Waals surface area contributed by atoms with Crippen LogP contribution in [-0.4, -0.2) is 65.1 Å². The van der Waals surface area contributed by atoms with Crippen LogP contribution in [0.25, 0.3) is 0 Å². The minimum Gasteiger partial charge on any atom is -0.392 e. The molecule has 0 aromatic rings. The Labute approximate surface area is 132 Å². The van der Waals surface area contributed by atoms with Crippen molar-refractivity contribution in [2.75, 3.05) is 32.8 Å². The molecule has 120 valence electrons. The van der Waals surface area contributed by atoms with Crippen LogP contribution >= 0.6 is 12.2 Å². The van der Waals surface area contributed by atoms with Crippen LogP contribution in [0.2, 0.25) is 0 Å². The quantitative estimate of drug-likeness (QED) is 0.772. The van der Waals surface area contributed by atoms with Crippen LogP contribution in [-0.2, 0) is 9.53 Å². The van der Waals surface area contributed by atoms with Gasteiger partial charge in [0.25, 0.3) is 0 Å². The van der Waals surface area contributed by atoms with E-state index in [9.17, 15) is 4.79 Å². The lowest BCUT2D eigenvalue weighted by Crippen LogP contribution is -2.59. The Balaban J connectivity index is 1.75. The van der Waals surface area contributed by atoms with E-state index in [1.54, 1.807) is 0 Å². The third-order valence-corrected chi connectivity index (χ3v) is 5.23. The molecule has 2 heterocycles. The molecule has 2 aliphatic heterocycles. The predicted octanol–water partition coefficient (Wildman–Crippen LogP) is 1.15. The summed E-state index contributed by atoms with van der Waals surface area (Å²) in [7, 11) is 0. The molecule has 0 aromatic carbocycles. The van der Waals surface area contributed by atoms with E-state index in [1.165, 1.54) is 0 Å². The van der Waals surface area contributed by atoms with E-state index in [2.05, 4.69) is 4.90 Å². The van der Waals surface area contributed by atoms with Crippen molar-refractivity contribution in [2.45, 2.75) is 51.2 Å². The summed E-state index contributed by atoms with van der Waals surface area (Å²) < 4.78 is 5.57. The third-order valence-electron chi connectivity index (χ3n) is 4.73. The number of piperazine rings is 1. The molecule has 1 unspecified atom stereocenters. The van der Waals surface area contributed by atoms with E-state index in [4.69, 9.17) is 22.7 Å². The molecule has 1 atom stereocenters. The normalized spacial score (nSPS) is 24.3. The number of carbonyl (C=O) groups excluding carboxylic acids is 1. The number of hydrogen-bond acceptors (Lipinski definition) is 4. The standard InChI is InChI=1S/C15H27N3O2S/c1-15(2,14(16)21)18-9-7-17(8-10-18)13(19)6-5-12-4-3-11-20-12/h12H,3-11H2,1-2H3,(H2,16,21). The fraction of sp³-hybridized carbons (Fsp3) is 0.867. The molecule has 21 heavy (non-hydrogen) atoms. The maximum atomic E-state index is 12.2. The van der Waals surface area contributed by atoms with Gasteiger partial charge in [0.15, 0.2) is 0 Å². The van der Waals surface area contributed by atoms with E-state index >= 15 is 0 Å². The average molecular weight is 313 g/mol. The first kappa shape index (κ1) is 16.6. The zero-order valence-corrected chi connectivity index (χ0v) is 14.0. The van der Waals surface area contributed by atoms with Gasteiger partial charge in [0, 0.05) is 39.2 Å². The zero-order chi connectivity index (χ0) is 15.5. The number of amides is 1. The Kier molecular flexibility index (Phi) is 5.57. The van der Waals surface area contributed by atoms with Gasteiger partial charge in [0.05, 0.1) is 16.6 Å². The van der Waals surface area contributed by atoms with Crippen molar-refractivity contribution >= 4 is 23.1 Å². The van der Waals surface area contributed by atoms with Gasteiger partial charge in [-0.3, -0.25) is 9.69 Å². The largest absolute Gasteiger partial charge is 0.392 e. The van der Waals surface area contributed by atoms with Crippen molar-refractivity contribution < 1.29 is 9.53 Å². The molecular weight excluding hydrogens is 286 g/mol. The Morgan fingerprint density at radius 1 is 1.33 bits per heavy atom. The number of thiocarbonyl (C=S) groups is 1. The lowest BCUT2D eigenvalue weighted by molar-refractivity contribution is -0.134. The van der Waals surface area contributed by atoms with Crippen molar-refractivity contribution in [2.24, 2.45) is 5.73 Å². The van der Waals surface area contributed by atoms with Crippen molar-refractivity contribution in [3.8, 4) is 0 Å². The minimum absolute atomic E-state index is 0.248. The molecule has 0 aliphatic carbocycles. The van der Waals surface area contributed by atoms with E-state index in [0.717, 1.165) is 52.0 Å². The van der Waals surface area contributed by atoms with Crippen LogP contribution in [0.15, 0.2) is 0 Å². The molecule has 2 aliphatic rings. The van der Waals surface area contributed by atoms with E-state index < -0.39 is 0 Å². The van der Waals surface area contributed by atoms with Gasteiger partial charge in [-0.15, -0.1) is 0 Å². The first-order valence-electron chi connectivity index (χ1n) is 7.85. The smallest absolute Gasteiger partial charge is 0.222 e. The first-order valence-corrected chi connectivity index (χ1v) is 8.26. The summed E-state index contributed by atoms with van der Waals surface area (Å²) >= 11 is 5.14. The molecule has 0 saturated carbocycles. The molecule has 0 radical (unpaired) electrons. The van der Waals surface area contributed by atoms with Gasteiger partial charge in [-0.2, -0.15) is 0 Å². The van der Waals surface area contributed by atoms with Crippen LogP contribution in [0, 0.1) is 0 Å². The maximum absolute atomic E-state index is 12.2. The van der Waals surface area contributed by atoms with Gasteiger partial charge >= 0.3 is 0 Å². The Hall–Kier alpha value is -0.720. The molecule has 2 N–H and O–H groups in total. The highest BCUT2D eigenvalue weighted by molar-refractivity contribution is 7.80.